The Balaban J connectivity index is 1.31. The standard InChI is InChI=1S/C26H23NO4/c28-25(29)17-13-12-16-6-5-11-24(22(16)14-17)27-26(30)31-15-23-20-9-3-1-7-18(20)19-8-2-4-10-21(19)23/h1-4,7-10,12-14,23-24H,5-6,11,15H2,(H,27,30)(H,28,29). The van der Waals surface area contributed by atoms with Gasteiger partial charge in [0.1, 0.15) is 6.61 Å². The number of fused-ring (bicyclic) bond motifs is 4. The second-order valence-electron chi connectivity index (χ2n) is 8.13. The number of alkyl carbamates (subject to hydrolysis) is 1. The number of carboxylic acids is 1. The first-order valence-corrected chi connectivity index (χ1v) is 10.6. The van der Waals surface area contributed by atoms with Crippen molar-refractivity contribution in [2.24, 2.45) is 0 Å². The molecule has 0 aromatic heterocycles. The Hall–Kier alpha value is -3.60. The molecule has 0 saturated carbocycles. The summed E-state index contributed by atoms with van der Waals surface area (Å²) < 4.78 is 5.67. The van der Waals surface area contributed by atoms with Crippen LogP contribution < -0.4 is 5.32 Å². The number of rotatable bonds is 4. The van der Waals surface area contributed by atoms with E-state index in [1.54, 1.807) is 12.1 Å². The van der Waals surface area contributed by atoms with E-state index in [1.807, 2.05) is 30.3 Å². The average molecular weight is 413 g/mol. The fourth-order valence-electron chi connectivity index (χ4n) is 4.86. The molecule has 3 aromatic rings. The molecule has 5 heteroatoms. The summed E-state index contributed by atoms with van der Waals surface area (Å²) >= 11 is 0. The Morgan fingerprint density at radius 1 is 0.935 bits per heavy atom. The summed E-state index contributed by atoms with van der Waals surface area (Å²) in [5, 5.41) is 12.3. The molecule has 156 valence electrons. The molecular formula is C26H23NO4. The van der Waals surface area contributed by atoms with Crippen molar-refractivity contribution >= 4 is 12.1 Å². The molecule has 1 atom stereocenters. The highest BCUT2D eigenvalue weighted by molar-refractivity contribution is 5.88. The zero-order valence-electron chi connectivity index (χ0n) is 17.0. The Bertz CT molecular complexity index is 1120. The van der Waals surface area contributed by atoms with Crippen molar-refractivity contribution in [2.45, 2.75) is 31.2 Å². The number of ether oxygens (including phenoxy) is 1. The summed E-state index contributed by atoms with van der Waals surface area (Å²) in [5.41, 5.74) is 6.92. The number of aryl methyl sites for hydroxylation is 1. The van der Waals surface area contributed by atoms with Gasteiger partial charge in [0.25, 0.3) is 0 Å². The third kappa shape index (κ3) is 3.56. The predicted molar refractivity (Wildman–Crippen MR) is 117 cm³/mol. The van der Waals surface area contributed by atoms with Crippen molar-refractivity contribution < 1.29 is 19.4 Å². The second kappa shape index (κ2) is 7.91. The number of amides is 1. The van der Waals surface area contributed by atoms with Gasteiger partial charge in [0.15, 0.2) is 0 Å². The van der Waals surface area contributed by atoms with E-state index in [9.17, 15) is 14.7 Å². The molecule has 0 spiro atoms. The minimum Gasteiger partial charge on any atom is -0.478 e. The maximum atomic E-state index is 12.7. The molecular weight excluding hydrogens is 390 g/mol. The zero-order valence-corrected chi connectivity index (χ0v) is 17.0. The predicted octanol–water partition coefficient (Wildman–Crippen LogP) is 5.30. The number of carbonyl (C=O) groups excluding carboxylic acids is 1. The van der Waals surface area contributed by atoms with Crippen molar-refractivity contribution in [3.63, 3.8) is 0 Å². The molecule has 0 fully saturated rings. The van der Waals surface area contributed by atoms with Gasteiger partial charge in [-0.2, -0.15) is 0 Å². The normalized spacial score (nSPS) is 16.7. The molecule has 1 unspecified atom stereocenters. The van der Waals surface area contributed by atoms with Crippen molar-refractivity contribution in [3.8, 4) is 11.1 Å². The van der Waals surface area contributed by atoms with Crippen LogP contribution in [0.2, 0.25) is 0 Å². The van der Waals surface area contributed by atoms with Crippen LogP contribution in [0.15, 0.2) is 66.7 Å². The number of benzene rings is 3. The minimum atomic E-state index is -0.965. The van der Waals surface area contributed by atoms with Crippen LogP contribution in [0.4, 0.5) is 4.79 Å². The quantitative estimate of drug-likeness (QED) is 0.608. The molecule has 31 heavy (non-hydrogen) atoms. The maximum absolute atomic E-state index is 12.7. The van der Waals surface area contributed by atoms with Gasteiger partial charge in [0.05, 0.1) is 11.6 Å². The third-order valence-electron chi connectivity index (χ3n) is 6.34. The van der Waals surface area contributed by atoms with Gasteiger partial charge in [-0.1, -0.05) is 54.6 Å². The lowest BCUT2D eigenvalue weighted by Gasteiger charge is -2.26. The van der Waals surface area contributed by atoms with Crippen molar-refractivity contribution in [2.75, 3.05) is 6.61 Å². The van der Waals surface area contributed by atoms with E-state index in [1.165, 1.54) is 22.3 Å². The van der Waals surface area contributed by atoms with E-state index >= 15 is 0 Å². The highest BCUT2D eigenvalue weighted by Crippen LogP contribution is 2.44. The number of hydrogen-bond acceptors (Lipinski definition) is 3. The van der Waals surface area contributed by atoms with Crippen molar-refractivity contribution in [3.05, 3.63) is 94.5 Å². The fraction of sp³-hybridized carbons (Fsp3) is 0.231. The van der Waals surface area contributed by atoms with Crippen molar-refractivity contribution in [1.29, 1.82) is 0 Å². The first-order valence-electron chi connectivity index (χ1n) is 10.6. The van der Waals surface area contributed by atoms with Gasteiger partial charge < -0.3 is 15.2 Å². The molecule has 1 amide bonds. The summed E-state index contributed by atoms with van der Waals surface area (Å²) in [6, 6.07) is 21.4. The van der Waals surface area contributed by atoms with E-state index < -0.39 is 12.1 Å². The van der Waals surface area contributed by atoms with Crippen LogP contribution in [0.25, 0.3) is 11.1 Å². The summed E-state index contributed by atoms with van der Waals surface area (Å²) in [5.74, 6) is -0.955. The van der Waals surface area contributed by atoms with Crippen molar-refractivity contribution in [1.82, 2.24) is 5.32 Å². The first kappa shape index (κ1) is 19.4. The Labute approximate surface area is 180 Å². The lowest BCUT2D eigenvalue weighted by Crippen LogP contribution is -2.32. The van der Waals surface area contributed by atoms with Crippen LogP contribution in [-0.2, 0) is 11.2 Å². The molecule has 2 aliphatic rings. The van der Waals surface area contributed by atoms with Gasteiger partial charge >= 0.3 is 12.1 Å². The Morgan fingerprint density at radius 3 is 2.29 bits per heavy atom. The molecule has 0 radical (unpaired) electrons. The summed E-state index contributed by atoms with van der Waals surface area (Å²) in [4.78, 5) is 24.0. The average Bonchev–Trinajstić information content (AvgIpc) is 3.11. The molecule has 0 heterocycles. The Kier molecular flexibility index (Phi) is 4.94. The summed E-state index contributed by atoms with van der Waals surface area (Å²) in [6.45, 7) is 0.259. The van der Waals surface area contributed by atoms with Gasteiger partial charge in [-0.3, -0.25) is 0 Å². The van der Waals surface area contributed by atoms with Crippen LogP contribution >= 0.6 is 0 Å². The topological polar surface area (TPSA) is 75.6 Å². The molecule has 0 bridgehead atoms. The SMILES string of the molecule is O=C(NC1CCCc2ccc(C(=O)O)cc21)OCC1c2ccccc2-c2ccccc21. The van der Waals surface area contributed by atoms with E-state index in [0.29, 0.717) is 0 Å². The van der Waals surface area contributed by atoms with E-state index in [-0.39, 0.29) is 24.1 Å². The first-order chi connectivity index (χ1) is 15.1. The van der Waals surface area contributed by atoms with Crippen LogP contribution in [0, 0.1) is 0 Å². The van der Waals surface area contributed by atoms with Gasteiger partial charge in [-0.25, -0.2) is 9.59 Å². The van der Waals surface area contributed by atoms with Gasteiger partial charge in [-0.15, -0.1) is 0 Å². The van der Waals surface area contributed by atoms with Crippen LogP contribution in [0.3, 0.4) is 0 Å². The Morgan fingerprint density at radius 2 is 1.61 bits per heavy atom. The van der Waals surface area contributed by atoms with E-state index in [0.717, 1.165) is 30.4 Å². The highest BCUT2D eigenvalue weighted by Gasteiger charge is 2.30. The number of hydrogen-bond donors (Lipinski definition) is 2. The smallest absolute Gasteiger partial charge is 0.407 e. The molecule has 5 nitrogen and oxygen atoms in total. The molecule has 3 aromatic carbocycles. The van der Waals surface area contributed by atoms with Gasteiger partial charge in [0.2, 0.25) is 0 Å². The van der Waals surface area contributed by atoms with Crippen LogP contribution in [0.5, 0.6) is 0 Å². The third-order valence-corrected chi connectivity index (χ3v) is 6.34. The largest absolute Gasteiger partial charge is 0.478 e. The van der Waals surface area contributed by atoms with Crippen LogP contribution in [0.1, 0.15) is 57.4 Å². The lowest BCUT2D eigenvalue weighted by atomic mass is 9.86. The van der Waals surface area contributed by atoms with Gasteiger partial charge in [-0.05, 0) is 64.8 Å². The minimum absolute atomic E-state index is 0.00963. The monoisotopic (exact) mass is 413 g/mol. The molecule has 2 aliphatic carbocycles. The number of carbonyl (C=O) groups is 2. The lowest BCUT2D eigenvalue weighted by molar-refractivity contribution is 0.0696. The zero-order chi connectivity index (χ0) is 21.4. The number of aromatic carboxylic acids is 1. The number of nitrogens with one attached hydrogen (secondary N) is 1. The molecule has 2 N–H and O–H groups in total. The second-order valence-corrected chi connectivity index (χ2v) is 8.13. The van der Waals surface area contributed by atoms with Gasteiger partial charge in [0, 0.05) is 5.92 Å². The van der Waals surface area contributed by atoms with E-state index in [4.69, 9.17) is 4.74 Å². The number of carboxylic acid groups (broad SMARTS) is 1. The van der Waals surface area contributed by atoms with E-state index in [2.05, 4.69) is 29.6 Å². The maximum Gasteiger partial charge on any atom is 0.407 e. The molecule has 5 rings (SSSR count). The van der Waals surface area contributed by atoms with Crippen LogP contribution in [-0.4, -0.2) is 23.8 Å². The summed E-state index contributed by atoms with van der Waals surface area (Å²) in [6.07, 6.45) is 2.12. The summed E-state index contributed by atoms with van der Waals surface area (Å²) in [7, 11) is 0. The molecule has 0 saturated heterocycles. The fourth-order valence-corrected chi connectivity index (χ4v) is 4.86. The molecule has 0 aliphatic heterocycles. The highest BCUT2D eigenvalue weighted by atomic mass is 16.5.